The van der Waals surface area contributed by atoms with Crippen LogP contribution in [0.3, 0.4) is 0 Å². The summed E-state index contributed by atoms with van der Waals surface area (Å²) in [7, 11) is 0. The van der Waals surface area contributed by atoms with Crippen molar-refractivity contribution in [2.24, 2.45) is 0 Å². The molecule has 0 fully saturated rings. The molecule has 0 aliphatic carbocycles. The number of unbranched alkanes of at least 4 members (excludes halogenated alkanes) is 1. The Kier molecular flexibility index (Phi) is 8.14. The van der Waals surface area contributed by atoms with E-state index < -0.39 is 17.4 Å². The Balaban J connectivity index is 1.88. The number of nitrogens with zero attached hydrogens (tertiary/aromatic N) is 5. The summed E-state index contributed by atoms with van der Waals surface area (Å²) in [6, 6.07) is 3.18. The second-order valence-corrected chi connectivity index (χ2v) is 8.25. The van der Waals surface area contributed by atoms with Crippen molar-refractivity contribution >= 4 is 28.9 Å². The molecule has 11 heteroatoms. The minimum Gasteiger partial charge on any atom is -0.389 e. The van der Waals surface area contributed by atoms with E-state index in [0.717, 1.165) is 12.8 Å². The summed E-state index contributed by atoms with van der Waals surface area (Å²) in [6.45, 7) is 5.24. The number of amides is 2. The third-order valence-electron chi connectivity index (χ3n) is 4.60. The molecule has 0 spiro atoms. The zero-order valence-corrected chi connectivity index (χ0v) is 19.4. The SMILES string of the molecule is CCCCc1ncc(Nc2cncnc2)c(C(=O)Nc2cccnc2C(=O)NCC(C)(C)O)n1. The van der Waals surface area contributed by atoms with Crippen molar-refractivity contribution in [1.29, 1.82) is 0 Å². The van der Waals surface area contributed by atoms with Gasteiger partial charge in [0, 0.05) is 19.2 Å². The largest absolute Gasteiger partial charge is 0.389 e. The van der Waals surface area contributed by atoms with E-state index in [0.29, 0.717) is 23.6 Å². The predicted molar refractivity (Wildman–Crippen MR) is 127 cm³/mol. The molecule has 0 bridgehead atoms. The lowest BCUT2D eigenvalue weighted by Crippen LogP contribution is -2.38. The molecule has 4 N–H and O–H groups in total. The van der Waals surface area contributed by atoms with Crippen LogP contribution in [-0.4, -0.2) is 54.0 Å². The van der Waals surface area contributed by atoms with Gasteiger partial charge in [-0.3, -0.25) is 9.59 Å². The lowest BCUT2D eigenvalue weighted by Gasteiger charge is -2.18. The first-order valence-electron chi connectivity index (χ1n) is 10.9. The molecular formula is C23H28N8O3. The maximum atomic E-state index is 13.3. The van der Waals surface area contributed by atoms with E-state index in [9.17, 15) is 14.7 Å². The summed E-state index contributed by atoms with van der Waals surface area (Å²) in [4.78, 5) is 46.7. The minimum atomic E-state index is -1.09. The number of hydrogen-bond donors (Lipinski definition) is 4. The van der Waals surface area contributed by atoms with E-state index in [2.05, 4.69) is 47.8 Å². The monoisotopic (exact) mass is 464 g/mol. The molecule has 34 heavy (non-hydrogen) atoms. The molecule has 0 aromatic carbocycles. The highest BCUT2D eigenvalue weighted by Gasteiger charge is 2.21. The van der Waals surface area contributed by atoms with Gasteiger partial charge in [0.15, 0.2) is 11.4 Å². The average Bonchev–Trinajstić information content (AvgIpc) is 2.82. The van der Waals surface area contributed by atoms with E-state index in [4.69, 9.17) is 0 Å². The number of carbonyl (C=O) groups excluding carboxylic acids is 2. The van der Waals surface area contributed by atoms with Crippen LogP contribution in [0.25, 0.3) is 0 Å². The topological polar surface area (TPSA) is 155 Å². The molecule has 3 aromatic rings. The van der Waals surface area contributed by atoms with E-state index in [1.165, 1.54) is 12.5 Å². The fourth-order valence-electron chi connectivity index (χ4n) is 2.91. The van der Waals surface area contributed by atoms with E-state index in [-0.39, 0.29) is 23.6 Å². The third-order valence-corrected chi connectivity index (χ3v) is 4.60. The van der Waals surface area contributed by atoms with Gasteiger partial charge >= 0.3 is 0 Å². The van der Waals surface area contributed by atoms with E-state index in [1.807, 2.05) is 0 Å². The first-order chi connectivity index (χ1) is 16.3. The number of nitrogens with one attached hydrogen (secondary N) is 3. The maximum Gasteiger partial charge on any atom is 0.276 e. The number of carbonyl (C=O) groups is 2. The Morgan fingerprint density at radius 3 is 2.50 bits per heavy atom. The average molecular weight is 465 g/mol. The number of hydrogen-bond acceptors (Lipinski definition) is 9. The van der Waals surface area contributed by atoms with Crippen LogP contribution in [0.2, 0.25) is 0 Å². The Labute approximate surface area is 197 Å². The first-order valence-corrected chi connectivity index (χ1v) is 10.9. The first kappa shape index (κ1) is 24.6. The molecule has 0 atom stereocenters. The van der Waals surface area contributed by atoms with Crippen molar-refractivity contribution in [2.45, 2.75) is 45.6 Å². The van der Waals surface area contributed by atoms with E-state index in [1.54, 1.807) is 44.6 Å². The number of aliphatic hydroxyl groups is 1. The maximum absolute atomic E-state index is 13.3. The lowest BCUT2D eigenvalue weighted by atomic mass is 10.1. The Morgan fingerprint density at radius 1 is 1.03 bits per heavy atom. The van der Waals surface area contributed by atoms with Gasteiger partial charge in [0.25, 0.3) is 11.8 Å². The van der Waals surface area contributed by atoms with Crippen LogP contribution in [-0.2, 0) is 6.42 Å². The van der Waals surface area contributed by atoms with Crippen molar-refractivity contribution < 1.29 is 14.7 Å². The highest BCUT2D eigenvalue weighted by atomic mass is 16.3. The highest BCUT2D eigenvalue weighted by molar-refractivity contribution is 6.09. The molecule has 3 rings (SSSR count). The fourth-order valence-corrected chi connectivity index (χ4v) is 2.91. The molecule has 2 amide bonds. The Bertz CT molecular complexity index is 1130. The third kappa shape index (κ3) is 7.01. The molecule has 178 valence electrons. The van der Waals surface area contributed by atoms with Gasteiger partial charge in [0.2, 0.25) is 0 Å². The number of aryl methyl sites for hydroxylation is 1. The summed E-state index contributed by atoms with van der Waals surface area (Å²) in [5.41, 5.74) is 0.177. The predicted octanol–water partition coefficient (Wildman–Crippen LogP) is 2.50. The smallest absolute Gasteiger partial charge is 0.276 e. The normalized spacial score (nSPS) is 11.1. The second-order valence-electron chi connectivity index (χ2n) is 8.25. The fraction of sp³-hybridized carbons (Fsp3) is 0.348. The van der Waals surface area contributed by atoms with Crippen molar-refractivity contribution in [3.8, 4) is 0 Å². The minimum absolute atomic E-state index is 0.0198. The number of aromatic nitrogens is 5. The molecular weight excluding hydrogens is 436 g/mol. The number of rotatable bonds is 10. The van der Waals surface area contributed by atoms with Crippen LogP contribution < -0.4 is 16.0 Å². The Hall–Kier alpha value is -3.99. The van der Waals surface area contributed by atoms with Gasteiger partial charge in [-0.1, -0.05) is 13.3 Å². The molecule has 0 saturated carbocycles. The number of anilines is 3. The van der Waals surface area contributed by atoms with E-state index >= 15 is 0 Å². The zero-order valence-electron chi connectivity index (χ0n) is 19.4. The lowest BCUT2D eigenvalue weighted by molar-refractivity contribution is 0.0692. The highest BCUT2D eigenvalue weighted by Crippen LogP contribution is 2.21. The van der Waals surface area contributed by atoms with Gasteiger partial charge in [-0.15, -0.1) is 0 Å². The molecule has 11 nitrogen and oxygen atoms in total. The summed E-state index contributed by atoms with van der Waals surface area (Å²) < 4.78 is 0. The van der Waals surface area contributed by atoms with Crippen molar-refractivity contribution in [3.05, 3.63) is 60.5 Å². The van der Waals surface area contributed by atoms with Crippen LogP contribution in [0.1, 0.15) is 60.4 Å². The summed E-state index contributed by atoms with van der Waals surface area (Å²) >= 11 is 0. The van der Waals surface area contributed by atoms with Crippen LogP contribution in [0.15, 0.2) is 43.2 Å². The van der Waals surface area contributed by atoms with Crippen LogP contribution in [0, 0.1) is 0 Å². The molecule has 0 aliphatic rings. The summed E-state index contributed by atoms with van der Waals surface area (Å²) in [6.07, 6.45) is 9.99. The van der Waals surface area contributed by atoms with Gasteiger partial charge in [0.1, 0.15) is 12.2 Å². The van der Waals surface area contributed by atoms with Crippen molar-refractivity contribution in [2.75, 3.05) is 17.2 Å². The van der Waals surface area contributed by atoms with Gasteiger partial charge < -0.3 is 21.1 Å². The van der Waals surface area contributed by atoms with Gasteiger partial charge in [-0.25, -0.2) is 24.9 Å². The van der Waals surface area contributed by atoms with Gasteiger partial charge in [0.05, 0.1) is 41.3 Å². The Morgan fingerprint density at radius 2 is 1.79 bits per heavy atom. The quantitative estimate of drug-likeness (QED) is 0.354. The molecule has 0 saturated heterocycles. The number of pyridine rings is 1. The van der Waals surface area contributed by atoms with Crippen LogP contribution >= 0.6 is 0 Å². The molecule has 0 unspecified atom stereocenters. The molecule has 3 heterocycles. The molecule has 0 aliphatic heterocycles. The standard InChI is InChI=1S/C23H28N8O3/c1-4-5-8-18-27-12-17(29-15-10-24-14-25-11-15)20(31-18)22(33)30-16-7-6-9-26-19(16)21(32)28-13-23(2,3)34/h6-7,9-12,14,29,34H,4-5,8,13H2,1-3H3,(H,28,32)(H,30,33). The van der Waals surface area contributed by atoms with Crippen molar-refractivity contribution in [1.82, 2.24) is 30.2 Å². The van der Waals surface area contributed by atoms with Gasteiger partial charge in [-0.2, -0.15) is 0 Å². The zero-order chi connectivity index (χ0) is 24.6. The molecule has 3 aromatic heterocycles. The van der Waals surface area contributed by atoms with Gasteiger partial charge in [-0.05, 0) is 32.4 Å². The summed E-state index contributed by atoms with van der Waals surface area (Å²) in [5.74, 6) is -0.524. The van der Waals surface area contributed by atoms with Crippen LogP contribution in [0.5, 0.6) is 0 Å². The second kappa shape index (κ2) is 11.2. The molecule has 0 radical (unpaired) electrons. The van der Waals surface area contributed by atoms with Crippen LogP contribution in [0.4, 0.5) is 17.1 Å². The summed E-state index contributed by atoms with van der Waals surface area (Å²) in [5, 5.41) is 18.3. The van der Waals surface area contributed by atoms with Crippen molar-refractivity contribution in [3.63, 3.8) is 0 Å².